The van der Waals surface area contributed by atoms with Crippen LogP contribution in [0.5, 0.6) is 28.7 Å². The summed E-state index contributed by atoms with van der Waals surface area (Å²) in [5, 5.41) is 23.8. The van der Waals surface area contributed by atoms with E-state index in [9.17, 15) is 19.8 Å². The first-order chi connectivity index (χ1) is 22.6. The number of aryl methyl sites for hydroxylation is 1. The van der Waals surface area contributed by atoms with Crippen LogP contribution in [-0.2, 0) is 27.2 Å². The maximum atomic E-state index is 13.1. The van der Waals surface area contributed by atoms with E-state index in [1.54, 1.807) is 6.08 Å². The third kappa shape index (κ3) is 5.00. The number of aliphatic hydroxyl groups is 1. The molecule has 0 aliphatic carbocycles. The number of esters is 2. The van der Waals surface area contributed by atoms with Gasteiger partial charge in [-0.15, -0.1) is 0 Å². The minimum Gasteiger partial charge on any atom is -0.504 e. The number of ether oxygens (including phenoxy) is 5. The molecule has 11 nitrogen and oxygen atoms in total. The zero-order valence-electron chi connectivity index (χ0n) is 27.0. The van der Waals surface area contributed by atoms with Crippen LogP contribution in [0.3, 0.4) is 0 Å². The van der Waals surface area contributed by atoms with Gasteiger partial charge >= 0.3 is 11.9 Å². The van der Waals surface area contributed by atoms with E-state index in [1.807, 2.05) is 62.2 Å². The van der Waals surface area contributed by atoms with Crippen LogP contribution < -0.4 is 18.9 Å². The van der Waals surface area contributed by atoms with E-state index in [0.717, 1.165) is 22.3 Å². The number of hydrogen-bond donors (Lipinski definition) is 2. The maximum Gasteiger partial charge on any atom is 0.330 e. The third-order valence-corrected chi connectivity index (χ3v) is 9.94. The lowest BCUT2D eigenvalue weighted by Crippen LogP contribution is -2.68. The van der Waals surface area contributed by atoms with Gasteiger partial charge in [0.25, 0.3) is 0 Å². The molecule has 2 N–H and O–H groups in total. The first kappa shape index (κ1) is 31.0. The molecule has 0 unspecified atom stereocenters. The van der Waals surface area contributed by atoms with Crippen LogP contribution in [0.2, 0.25) is 0 Å². The summed E-state index contributed by atoms with van der Waals surface area (Å²) in [6.07, 6.45) is 2.89. The molecule has 0 saturated carbocycles. The molecule has 4 aliphatic rings. The number of fused-ring (bicyclic) bond motifs is 9. The van der Waals surface area contributed by atoms with Crippen molar-refractivity contribution in [1.82, 2.24) is 9.80 Å². The highest BCUT2D eigenvalue weighted by molar-refractivity contribution is 5.87. The van der Waals surface area contributed by atoms with E-state index >= 15 is 0 Å². The largest absolute Gasteiger partial charge is 0.504 e. The molecule has 11 heteroatoms. The fourth-order valence-electron chi connectivity index (χ4n) is 8.02. The van der Waals surface area contributed by atoms with Crippen molar-refractivity contribution < 1.29 is 43.5 Å². The van der Waals surface area contributed by atoms with Crippen molar-refractivity contribution in [2.45, 2.75) is 64.0 Å². The molecule has 47 heavy (non-hydrogen) atoms. The van der Waals surface area contributed by atoms with Gasteiger partial charge in [-0.2, -0.15) is 0 Å². The first-order valence-corrected chi connectivity index (χ1v) is 15.7. The Bertz CT molecular complexity index is 1790. The number of benzene rings is 3. The summed E-state index contributed by atoms with van der Waals surface area (Å²) in [6, 6.07) is 9.59. The van der Waals surface area contributed by atoms with Gasteiger partial charge in [0.05, 0.1) is 25.2 Å². The van der Waals surface area contributed by atoms with E-state index in [1.165, 1.54) is 20.1 Å². The van der Waals surface area contributed by atoms with E-state index < -0.39 is 30.3 Å². The number of likely N-dealkylation sites (N-methyl/N-ethyl adjacent to an activating group) is 1. The fourth-order valence-corrected chi connectivity index (χ4v) is 8.02. The Labute approximate surface area is 272 Å². The number of carbonyl (C=O) groups excluding carboxylic acids is 2. The lowest BCUT2D eigenvalue weighted by Gasteiger charge is -2.60. The van der Waals surface area contributed by atoms with E-state index in [2.05, 4.69) is 4.90 Å². The molecular weight excluding hydrogens is 604 g/mol. The van der Waals surface area contributed by atoms with Crippen molar-refractivity contribution in [2.75, 3.05) is 27.6 Å². The van der Waals surface area contributed by atoms with Crippen molar-refractivity contribution in [1.29, 1.82) is 0 Å². The van der Waals surface area contributed by atoms with Gasteiger partial charge in [0.15, 0.2) is 23.0 Å². The lowest BCUT2D eigenvalue weighted by molar-refractivity contribution is -0.182. The monoisotopic (exact) mass is 642 g/mol. The van der Waals surface area contributed by atoms with E-state index in [0.29, 0.717) is 52.5 Å². The summed E-state index contributed by atoms with van der Waals surface area (Å²) in [4.78, 5) is 29.6. The van der Waals surface area contributed by atoms with E-state index in [-0.39, 0.29) is 31.2 Å². The zero-order valence-corrected chi connectivity index (χ0v) is 27.0. The molecule has 3 aromatic rings. The highest BCUT2D eigenvalue weighted by atomic mass is 16.7. The van der Waals surface area contributed by atoms with Crippen LogP contribution in [0, 0.1) is 13.8 Å². The third-order valence-electron chi connectivity index (χ3n) is 9.94. The van der Waals surface area contributed by atoms with Crippen LogP contribution >= 0.6 is 0 Å². The minimum atomic E-state index is -0.980. The van der Waals surface area contributed by atoms with Crippen molar-refractivity contribution in [3.8, 4) is 28.7 Å². The summed E-state index contributed by atoms with van der Waals surface area (Å²) >= 11 is 0. The van der Waals surface area contributed by atoms with Gasteiger partial charge in [-0.3, -0.25) is 14.6 Å². The average molecular weight is 643 g/mol. The summed E-state index contributed by atoms with van der Waals surface area (Å²) in [5.74, 6) is 0.710. The van der Waals surface area contributed by atoms with Gasteiger partial charge in [0.2, 0.25) is 6.79 Å². The lowest BCUT2D eigenvalue weighted by atomic mass is 9.73. The second kappa shape index (κ2) is 11.9. The second-order valence-electron chi connectivity index (χ2n) is 12.6. The summed E-state index contributed by atoms with van der Waals surface area (Å²) in [7, 11) is 3.48. The van der Waals surface area contributed by atoms with Crippen LogP contribution in [0.25, 0.3) is 6.08 Å². The Morgan fingerprint density at radius 2 is 1.79 bits per heavy atom. The van der Waals surface area contributed by atoms with Gasteiger partial charge in [0, 0.05) is 41.3 Å². The molecule has 7 rings (SSSR count). The number of phenols is 1. The number of rotatable bonds is 6. The minimum absolute atomic E-state index is 0.0289. The second-order valence-corrected chi connectivity index (χ2v) is 12.6. The number of methoxy groups -OCH3 is 1. The fraction of sp³-hybridized carbons (Fsp3) is 0.389. The zero-order chi connectivity index (χ0) is 33.1. The highest BCUT2D eigenvalue weighted by Gasteiger charge is 2.56. The summed E-state index contributed by atoms with van der Waals surface area (Å²) < 4.78 is 29.3. The molecule has 0 radical (unpaired) electrons. The SMILES string of the molecule is COc1c(C)cc2c(c1O)[C@@H]1[C@@H]3Cc4c(OC(C)=O)c(C)c5c(c4[C@H](COC(=O)/C=C/c4ccccc4)N3[C@@H](O)[C@H](C2)N1C)OCO5. The molecule has 3 aromatic carbocycles. The molecule has 5 atom stereocenters. The summed E-state index contributed by atoms with van der Waals surface area (Å²) in [5.41, 5.74) is 5.29. The van der Waals surface area contributed by atoms with Crippen molar-refractivity contribution in [3.05, 3.63) is 81.4 Å². The smallest absolute Gasteiger partial charge is 0.330 e. The molecule has 0 spiro atoms. The number of aliphatic hydroxyl groups excluding tert-OH is 1. The van der Waals surface area contributed by atoms with Crippen LogP contribution in [0.1, 0.15) is 58.0 Å². The highest BCUT2D eigenvalue weighted by Crippen LogP contribution is 2.58. The number of piperazine rings is 1. The van der Waals surface area contributed by atoms with Gasteiger partial charge in [-0.25, -0.2) is 4.79 Å². The molecule has 1 saturated heterocycles. The van der Waals surface area contributed by atoms with Gasteiger partial charge in [-0.05, 0) is 56.5 Å². The van der Waals surface area contributed by atoms with Crippen molar-refractivity contribution >= 4 is 18.0 Å². The van der Waals surface area contributed by atoms with E-state index in [4.69, 9.17) is 23.7 Å². The Morgan fingerprint density at radius 1 is 1.04 bits per heavy atom. The van der Waals surface area contributed by atoms with Crippen LogP contribution in [-0.4, -0.2) is 77.8 Å². The first-order valence-electron chi connectivity index (χ1n) is 15.7. The topological polar surface area (TPSA) is 127 Å². The predicted molar refractivity (Wildman–Crippen MR) is 171 cm³/mol. The van der Waals surface area contributed by atoms with Crippen molar-refractivity contribution in [3.63, 3.8) is 0 Å². The molecule has 2 bridgehead atoms. The standard InChI is InChI=1S/C36H38N2O9/c1-18-13-22-14-25-36(42)38-24(30(37(25)4)28(22)31(41)32(18)43-5)15-23-29(35-34(45-17-46-35)19(2)33(23)47-20(3)39)26(38)16-44-27(40)12-11-21-9-7-6-8-10-21/h6-13,24-26,30,36,41-42H,14-17H2,1-5H3/b12-11+/t24-,25-,26-,30-,36-/m0/s1. The predicted octanol–water partition coefficient (Wildman–Crippen LogP) is 4.13. The van der Waals surface area contributed by atoms with Gasteiger partial charge in [-0.1, -0.05) is 36.4 Å². The Hall–Kier alpha value is -4.58. The molecule has 246 valence electrons. The van der Waals surface area contributed by atoms with Crippen molar-refractivity contribution in [2.24, 2.45) is 0 Å². The van der Waals surface area contributed by atoms with Gasteiger partial charge < -0.3 is 33.9 Å². The quantitative estimate of drug-likeness (QED) is 0.229. The molecule has 1 fully saturated rings. The molecule has 4 aliphatic heterocycles. The number of aromatic hydroxyl groups is 1. The number of carbonyl (C=O) groups is 2. The number of phenolic OH excluding ortho intramolecular Hbond substituents is 1. The summed E-state index contributed by atoms with van der Waals surface area (Å²) in [6.45, 7) is 4.89. The Morgan fingerprint density at radius 3 is 2.51 bits per heavy atom. The molecule has 4 heterocycles. The van der Waals surface area contributed by atoms with Crippen LogP contribution in [0.4, 0.5) is 0 Å². The number of nitrogens with zero attached hydrogens (tertiary/aromatic N) is 2. The van der Waals surface area contributed by atoms with Gasteiger partial charge in [0.1, 0.15) is 18.6 Å². The Balaban J connectivity index is 1.37. The Kier molecular flexibility index (Phi) is 7.86. The molecular formula is C36H38N2O9. The normalized spacial score (nSPS) is 24.3. The molecule has 0 amide bonds. The molecule has 0 aromatic heterocycles. The average Bonchev–Trinajstić information content (AvgIpc) is 3.54. The van der Waals surface area contributed by atoms with Crippen LogP contribution in [0.15, 0.2) is 42.5 Å². The number of hydrogen-bond acceptors (Lipinski definition) is 11. The maximum absolute atomic E-state index is 13.1.